The summed E-state index contributed by atoms with van der Waals surface area (Å²) in [5.74, 6) is 1.34. The Hall–Kier alpha value is -2.82. The molecule has 0 radical (unpaired) electrons. The second-order valence-electron chi connectivity index (χ2n) is 7.81. The molecule has 0 aromatic heterocycles. The molecule has 29 heavy (non-hydrogen) atoms. The van der Waals surface area contributed by atoms with Gasteiger partial charge in [-0.25, -0.2) is 0 Å². The van der Waals surface area contributed by atoms with E-state index in [1.807, 2.05) is 37.3 Å². The van der Waals surface area contributed by atoms with E-state index in [4.69, 9.17) is 9.47 Å². The first-order valence-electron chi connectivity index (χ1n) is 10.4. The molecule has 5 heteroatoms. The Morgan fingerprint density at radius 1 is 0.931 bits per heavy atom. The van der Waals surface area contributed by atoms with Crippen LogP contribution in [-0.2, 0) is 17.6 Å². The van der Waals surface area contributed by atoms with Crippen LogP contribution < -0.4 is 14.8 Å². The van der Waals surface area contributed by atoms with Crippen LogP contribution in [0, 0.1) is 0 Å². The van der Waals surface area contributed by atoms with E-state index in [-0.39, 0.29) is 30.6 Å². The molecule has 0 fully saturated rings. The lowest BCUT2D eigenvalue weighted by Crippen LogP contribution is -2.27. The molecule has 5 nitrogen and oxygen atoms in total. The quantitative estimate of drug-likeness (QED) is 0.748. The molecule has 0 spiro atoms. The average molecular weight is 393 g/mol. The molecule has 1 heterocycles. The predicted octanol–water partition coefficient (Wildman–Crippen LogP) is 4.18. The zero-order valence-electron chi connectivity index (χ0n) is 16.8. The van der Waals surface area contributed by atoms with Crippen molar-refractivity contribution in [2.45, 2.75) is 51.5 Å². The van der Waals surface area contributed by atoms with Gasteiger partial charge in [0.05, 0.1) is 6.04 Å². The van der Waals surface area contributed by atoms with Crippen LogP contribution in [-0.4, -0.2) is 24.9 Å². The van der Waals surface area contributed by atoms with Gasteiger partial charge in [0.2, 0.25) is 5.91 Å². The largest absolute Gasteiger partial charge is 0.486 e. The molecule has 1 aliphatic carbocycles. The summed E-state index contributed by atoms with van der Waals surface area (Å²) in [6.07, 6.45) is 4.96. The second kappa shape index (κ2) is 8.68. The zero-order chi connectivity index (χ0) is 20.2. The molecule has 2 aromatic rings. The molecule has 0 saturated carbocycles. The normalized spacial score (nSPS) is 15.9. The van der Waals surface area contributed by atoms with Crippen molar-refractivity contribution < 1.29 is 19.1 Å². The third-order valence-electron chi connectivity index (χ3n) is 5.69. The number of amides is 1. The van der Waals surface area contributed by atoms with Crippen molar-refractivity contribution in [3.63, 3.8) is 0 Å². The first-order chi connectivity index (χ1) is 14.1. The number of nitrogens with one attached hydrogen (secondary N) is 1. The Bertz CT molecular complexity index is 921. The Balaban J connectivity index is 1.31. The van der Waals surface area contributed by atoms with Crippen LogP contribution in [0.4, 0.5) is 0 Å². The van der Waals surface area contributed by atoms with E-state index >= 15 is 0 Å². The molecule has 4 rings (SSSR count). The number of carbonyl (C=O) groups is 2. The first kappa shape index (κ1) is 19.5. The van der Waals surface area contributed by atoms with Gasteiger partial charge in [0, 0.05) is 18.4 Å². The van der Waals surface area contributed by atoms with E-state index in [9.17, 15) is 9.59 Å². The van der Waals surface area contributed by atoms with E-state index in [2.05, 4.69) is 11.4 Å². The zero-order valence-corrected chi connectivity index (χ0v) is 16.8. The molecule has 2 aromatic carbocycles. The van der Waals surface area contributed by atoms with Gasteiger partial charge in [-0.15, -0.1) is 0 Å². The minimum Gasteiger partial charge on any atom is -0.486 e. The first-order valence-corrected chi connectivity index (χ1v) is 10.4. The third kappa shape index (κ3) is 4.61. The summed E-state index contributed by atoms with van der Waals surface area (Å²) in [6.45, 7) is 3.01. The topological polar surface area (TPSA) is 64.6 Å². The molecule has 0 bridgehead atoms. The summed E-state index contributed by atoms with van der Waals surface area (Å²) in [5.41, 5.74) is 4.32. The minimum absolute atomic E-state index is 0.0282. The van der Waals surface area contributed by atoms with Gasteiger partial charge in [-0.2, -0.15) is 0 Å². The molecule has 1 N–H and O–H groups in total. The number of Topliss-reactive ketones (excluding diaryl/α,β-unsaturated/α-hetero) is 1. The number of ketones is 1. The Morgan fingerprint density at radius 2 is 1.69 bits per heavy atom. The summed E-state index contributed by atoms with van der Waals surface area (Å²) < 4.78 is 11.1. The molecule has 1 atom stereocenters. The van der Waals surface area contributed by atoms with Gasteiger partial charge < -0.3 is 14.8 Å². The van der Waals surface area contributed by atoms with Crippen molar-refractivity contribution in [3.05, 3.63) is 58.7 Å². The second-order valence-corrected chi connectivity index (χ2v) is 7.81. The van der Waals surface area contributed by atoms with Crippen LogP contribution >= 0.6 is 0 Å². The molecule has 2 aliphatic rings. The van der Waals surface area contributed by atoms with Crippen molar-refractivity contribution in [2.24, 2.45) is 0 Å². The monoisotopic (exact) mass is 393 g/mol. The van der Waals surface area contributed by atoms with Crippen LogP contribution in [0.25, 0.3) is 0 Å². The number of carbonyl (C=O) groups excluding carboxylic acids is 2. The molecular formula is C24H27NO4. The lowest BCUT2D eigenvalue weighted by molar-refractivity contribution is -0.121. The molecule has 152 valence electrons. The molecule has 1 amide bonds. The van der Waals surface area contributed by atoms with Gasteiger partial charge in [0.1, 0.15) is 13.2 Å². The highest BCUT2D eigenvalue weighted by molar-refractivity contribution is 5.98. The van der Waals surface area contributed by atoms with Crippen LogP contribution in [0.3, 0.4) is 0 Å². The van der Waals surface area contributed by atoms with Gasteiger partial charge in [-0.3, -0.25) is 9.59 Å². The molecule has 0 unspecified atom stereocenters. The van der Waals surface area contributed by atoms with Crippen molar-refractivity contribution in [1.82, 2.24) is 5.32 Å². The van der Waals surface area contributed by atoms with Crippen LogP contribution in [0.2, 0.25) is 0 Å². The van der Waals surface area contributed by atoms with Crippen molar-refractivity contribution in [1.29, 1.82) is 0 Å². The van der Waals surface area contributed by atoms with Gasteiger partial charge >= 0.3 is 0 Å². The summed E-state index contributed by atoms with van der Waals surface area (Å²) >= 11 is 0. The van der Waals surface area contributed by atoms with E-state index in [1.165, 1.54) is 24.0 Å². The van der Waals surface area contributed by atoms with Gasteiger partial charge in [-0.1, -0.05) is 18.2 Å². The Morgan fingerprint density at radius 3 is 2.52 bits per heavy atom. The maximum atomic E-state index is 12.5. The van der Waals surface area contributed by atoms with E-state index in [0.717, 1.165) is 29.7 Å². The van der Waals surface area contributed by atoms with Crippen LogP contribution in [0.15, 0.2) is 36.4 Å². The summed E-state index contributed by atoms with van der Waals surface area (Å²) in [5, 5.41) is 2.97. The van der Waals surface area contributed by atoms with Crippen molar-refractivity contribution >= 4 is 11.7 Å². The van der Waals surface area contributed by atoms with E-state index < -0.39 is 0 Å². The number of fused-ring (bicyclic) bond motifs is 2. The fourth-order valence-corrected chi connectivity index (χ4v) is 4.00. The number of rotatable bonds is 6. The van der Waals surface area contributed by atoms with Crippen molar-refractivity contribution in [3.8, 4) is 11.5 Å². The number of aryl methyl sites for hydroxylation is 2. The summed E-state index contributed by atoms with van der Waals surface area (Å²) in [4.78, 5) is 24.9. The molecule has 1 aliphatic heterocycles. The summed E-state index contributed by atoms with van der Waals surface area (Å²) in [6, 6.07) is 11.5. The van der Waals surface area contributed by atoms with Gasteiger partial charge in [-0.05, 0) is 67.5 Å². The summed E-state index contributed by atoms with van der Waals surface area (Å²) in [7, 11) is 0. The van der Waals surface area contributed by atoms with Gasteiger partial charge in [0.15, 0.2) is 17.3 Å². The Kier molecular flexibility index (Phi) is 5.84. The highest BCUT2D eigenvalue weighted by atomic mass is 16.6. The van der Waals surface area contributed by atoms with E-state index in [1.54, 1.807) is 0 Å². The van der Waals surface area contributed by atoms with Crippen molar-refractivity contribution in [2.75, 3.05) is 13.2 Å². The Labute approximate surface area is 171 Å². The number of ether oxygens (including phenoxy) is 2. The fourth-order valence-electron chi connectivity index (χ4n) is 4.00. The van der Waals surface area contributed by atoms with E-state index in [0.29, 0.717) is 19.0 Å². The maximum absolute atomic E-state index is 12.5. The minimum atomic E-state index is -0.169. The van der Waals surface area contributed by atoms with Gasteiger partial charge in [0.25, 0.3) is 0 Å². The smallest absolute Gasteiger partial charge is 0.220 e. The predicted molar refractivity (Wildman–Crippen MR) is 111 cm³/mol. The average Bonchev–Trinajstić information content (AvgIpc) is 2.76. The maximum Gasteiger partial charge on any atom is 0.220 e. The standard InChI is InChI=1S/C24H27NO4/c1-16(18-8-10-22-23(15-18)29-13-12-28-22)25-24(27)11-9-21(26)20-7-6-17-4-2-3-5-19(17)14-20/h6-8,10,14-16H,2-5,9,11-13H2,1H3,(H,25,27)/t16-/m1/s1. The SMILES string of the molecule is C[C@@H](NC(=O)CCC(=O)c1ccc2c(c1)CCCC2)c1ccc2c(c1)OCCO2. The number of hydrogen-bond donors (Lipinski definition) is 1. The highest BCUT2D eigenvalue weighted by Gasteiger charge is 2.17. The molecule has 0 saturated heterocycles. The highest BCUT2D eigenvalue weighted by Crippen LogP contribution is 2.32. The van der Waals surface area contributed by atoms with Crippen LogP contribution in [0.1, 0.15) is 65.7 Å². The van der Waals surface area contributed by atoms with Crippen LogP contribution in [0.5, 0.6) is 11.5 Å². The third-order valence-corrected chi connectivity index (χ3v) is 5.69. The molecular weight excluding hydrogens is 366 g/mol. The fraction of sp³-hybridized carbons (Fsp3) is 0.417. The lowest BCUT2D eigenvalue weighted by Gasteiger charge is -2.21. The number of hydrogen-bond acceptors (Lipinski definition) is 4. The number of benzene rings is 2. The lowest BCUT2D eigenvalue weighted by atomic mass is 9.89.